The van der Waals surface area contributed by atoms with E-state index in [9.17, 15) is 4.79 Å². The van der Waals surface area contributed by atoms with Gasteiger partial charge in [0.25, 0.3) is 5.91 Å². The minimum absolute atomic E-state index is 0.0234. The molecule has 3 aromatic heterocycles. The summed E-state index contributed by atoms with van der Waals surface area (Å²) in [7, 11) is 0. The van der Waals surface area contributed by atoms with Gasteiger partial charge < -0.3 is 9.64 Å². The smallest absolute Gasteiger partial charge is 0.274 e. The summed E-state index contributed by atoms with van der Waals surface area (Å²) in [5.41, 5.74) is 2.12. The highest BCUT2D eigenvalue weighted by atomic mass is 16.5. The van der Waals surface area contributed by atoms with Crippen molar-refractivity contribution in [1.29, 1.82) is 0 Å². The van der Waals surface area contributed by atoms with E-state index in [0.29, 0.717) is 42.7 Å². The Bertz CT molecular complexity index is 970. The number of fused-ring (bicyclic) bond motifs is 2. The average molecular weight is 339 g/mol. The van der Waals surface area contributed by atoms with Gasteiger partial charge in [0.2, 0.25) is 0 Å². The number of aromatic amines is 1. The standard InChI is InChI=1S/C16H17N7O2/c1-9-18-14-12(6-17-20-14)15(19-9)23-7-10-2-4-22(11-3-5-25-8-11)16(24)13(10)21-23/h6-7,11H,2-5,8H2,1H3,(H,17,18,19,20). The second kappa shape index (κ2) is 5.35. The fourth-order valence-corrected chi connectivity index (χ4v) is 3.58. The molecule has 1 saturated heterocycles. The molecule has 2 aliphatic rings. The molecule has 128 valence electrons. The third-order valence-corrected chi connectivity index (χ3v) is 4.84. The number of ether oxygens (including phenoxy) is 1. The summed E-state index contributed by atoms with van der Waals surface area (Å²) in [4.78, 5) is 23.6. The molecule has 0 radical (unpaired) electrons. The van der Waals surface area contributed by atoms with Gasteiger partial charge in [-0.2, -0.15) is 10.2 Å². The lowest BCUT2D eigenvalue weighted by molar-refractivity contribution is 0.0629. The third-order valence-electron chi connectivity index (χ3n) is 4.84. The molecule has 25 heavy (non-hydrogen) atoms. The van der Waals surface area contributed by atoms with Crippen molar-refractivity contribution in [2.75, 3.05) is 19.8 Å². The van der Waals surface area contributed by atoms with Crippen LogP contribution in [0.4, 0.5) is 0 Å². The third kappa shape index (κ3) is 2.23. The van der Waals surface area contributed by atoms with E-state index in [1.807, 2.05) is 18.0 Å². The molecule has 9 nitrogen and oxygen atoms in total. The summed E-state index contributed by atoms with van der Waals surface area (Å²) >= 11 is 0. The van der Waals surface area contributed by atoms with Crippen molar-refractivity contribution in [2.24, 2.45) is 0 Å². The highest BCUT2D eigenvalue weighted by molar-refractivity contribution is 5.95. The number of hydrogen-bond acceptors (Lipinski definition) is 6. The quantitative estimate of drug-likeness (QED) is 0.735. The Morgan fingerprint density at radius 3 is 3.12 bits per heavy atom. The number of nitrogens with one attached hydrogen (secondary N) is 1. The van der Waals surface area contributed by atoms with Crippen LogP contribution in [0.1, 0.15) is 28.3 Å². The number of nitrogens with zero attached hydrogens (tertiary/aromatic N) is 6. The number of carbonyl (C=O) groups is 1. The van der Waals surface area contributed by atoms with Crippen LogP contribution < -0.4 is 0 Å². The number of aryl methyl sites for hydroxylation is 1. The van der Waals surface area contributed by atoms with E-state index in [4.69, 9.17) is 4.74 Å². The van der Waals surface area contributed by atoms with Gasteiger partial charge in [-0.1, -0.05) is 0 Å². The molecule has 1 N–H and O–H groups in total. The van der Waals surface area contributed by atoms with E-state index in [2.05, 4.69) is 25.3 Å². The highest BCUT2D eigenvalue weighted by Crippen LogP contribution is 2.25. The zero-order chi connectivity index (χ0) is 17.0. The van der Waals surface area contributed by atoms with Crippen molar-refractivity contribution >= 4 is 16.9 Å². The van der Waals surface area contributed by atoms with E-state index in [0.717, 1.165) is 23.8 Å². The summed E-state index contributed by atoms with van der Waals surface area (Å²) < 4.78 is 7.10. The van der Waals surface area contributed by atoms with Gasteiger partial charge in [0.1, 0.15) is 5.82 Å². The van der Waals surface area contributed by atoms with Gasteiger partial charge in [-0.3, -0.25) is 9.89 Å². The molecule has 9 heteroatoms. The van der Waals surface area contributed by atoms with Gasteiger partial charge in [0.05, 0.1) is 24.2 Å². The SMILES string of the molecule is Cc1nc(-n2cc3c(n2)C(=O)N(C2CCOC2)CC3)c2cn[nH]c2n1. The molecular weight excluding hydrogens is 322 g/mol. The van der Waals surface area contributed by atoms with Gasteiger partial charge in [0, 0.05) is 24.9 Å². The predicted molar refractivity (Wildman–Crippen MR) is 87.5 cm³/mol. The Kier molecular flexibility index (Phi) is 3.11. The lowest BCUT2D eigenvalue weighted by atomic mass is 10.0. The topological polar surface area (TPSA) is 102 Å². The molecule has 0 aliphatic carbocycles. The molecule has 3 aromatic rings. The first kappa shape index (κ1) is 14.5. The molecule has 1 fully saturated rings. The fraction of sp³-hybridized carbons (Fsp3) is 0.438. The van der Waals surface area contributed by atoms with Crippen LogP contribution in [0.15, 0.2) is 12.4 Å². The first-order chi connectivity index (χ1) is 12.2. The van der Waals surface area contributed by atoms with Crippen LogP contribution >= 0.6 is 0 Å². The normalized spacial score (nSPS) is 20.4. The number of aromatic nitrogens is 6. The molecule has 5 heterocycles. The fourth-order valence-electron chi connectivity index (χ4n) is 3.58. The molecular formula is C16H17N7O2. The summed E-state index contributed by atoms with van der Waals surface area (Å²) in [5, 5.41) is 12.2. The zero-order valence-corrected chi connectivity index (χ0v) is 13.8. The van der Waals surface area contributed by atoms with E-state index in [1.54, 1.807) is 10.9 Å². The maximum absolute atomic E-state index is 12.9. The number of amides is 1. The number of carbonyl (C=O) groups excluding carboxylic acids is 1. The second-order valence-corrected chi connectivity index (χ2v) is 6.44. The molecule has 1 amide bonds. The Balaban J connectivity index is 1.56. The van der Waals surface area contributed by atoms with Crippen molar-refractivity contribution < 1.29 is 9.53 Å². The molecule has 1 atom stereocenters. The van der Waals surface area contributed by atoms with E-state index >= 15 is 0 Å². The number of hydrogen-bond donors (Lipinski definition) is 1. The van der Waals surface area contributed by atoms with E-state index in [-0.39, 0.29) is 11.9 Å². The van der Waals surface area contributed by atoms with Crippen molar-refractivity contribution in [3.8, 4) is 5.82 Å². The average Bonchev–Trinajstić information content (AvgIpc) is 3.34. The Labute approximate surface area is 143 Å². The minimum atomic E-state index is -0.0234. The Hall–Kier alpha value is -2.81. The first-order valence-corrected chi connectivity index (χ1v) is 8.36. The van der Waals surface area contributed by atoms with Gasteiger partial charge >= 0.3 is 0 Å². The summed E-state index contributed by atoms with van der Waals surface area (Å²) in [6.45, 7) is 3.85. The van der Waals surface area contributed by atoms with Crippen molar-refractivity contribution in [2.45, 2.75) is 25.8 Å². The van der Waals surface area contributed by atoms with Crippen molar-refractivity contribution in [3.05, 3.63) is 29.5 Å². The zero-order valence-electron chi connectivity index (χ0n) is 13.8. The first-order valence-electron chi connectivity index (χ1n) is 8.36. The largest absolute Gasteiger partial charge is 0.379 e. The number of H-pyrrole nitrogens is 1. The van der Waals surface area contributed by atoms with Crippen LogP contribution in [0, 0.1) is 6.92 Å². The van der Waals surface area contributed by atoms with E-state index in [1.165, 1.54) is 0 Å². The highest BCUT2D eigenvalue weighted by Gasteiger charge is 2.34. The molecule has 1 unspecified atom stereocenters. The van der Waals surface area contributed by atoms with Crippen molar-refractivity contribution in [1.82, 2.24) is 34.8 Å². The lowest BCUT2D eigenvalue weighted by Gasteiger charge is -2.30. The van der Waals surface area contributed by atoms with Gasteiger partial charge in [-0.25, -0.2) is 14.6 Å². The molecule has 0 spiro atoms. The van der Waals surface area contributed by atoms with Gasteiger partial charge in [-0.15, -0.1) is 0 Å². The lowest BCUT2D eigenvalue weighted by Crippen LogP contribution is -2.45. The summed E-state index contributed by atoms with van der Waals surface area (Å²) in [6, 6.07) is 0.160. The molecule has 0 bridgehead atoms. The van der Waals surface area contributed by atoms with Crippen LogP contribution in [0.5, 0.6) is 0 Å². The van der Waals surface area contributed by atoms with Crippen molar-refractivity contribution in [3.63, 3.8) is 0 Å². The summed E-state index contributed by atoms with van der Waals surface area (Å²) in [5.74, 6) is 1.23. The van der Waals surface area contributed by atoms with E-state index < -0.39 is 0 Å². The summed E-state index contributed by atoms with van der Waals surface area (Å²) in [6.07, 6.45) is 5.25. The molecule has 2 aliphatic heterocycles. The maximum Gasteiger partial charge on any atom is 0.274 e. The van der Waals surface area contributed by atoms with Crippen LogP contribution in [-0.2, 0) is 11.2 Å². The van der Waals surface area contributed by atoms with Gasteiger partial charge in [0.15, 0.2) is 17.2 Å². The molecule has 0 saturated carbocycles. The van der Waals surface area contributed by atoms with Crippen LogP contribution in [0.2, 0.25) is 0 Å². The molecule has 0 aromatic carbocycles. The second-order valence-electron chi connectivity index (χ2n) is 6.44. The Morgan fingerprint density at radius 1 is 1.36 bits per heavy atom. The monoisotopic (exact) mass is 339 g/mol. The van der Waals surface area contributed by atoms with Crippen LogP contribution in [0.25, 0.3) is 16.9 Å². The number of rotatable bonds is 2. The minimum Gasteiger partial charge on any atom is -0.379 e. The van der Waals surface area contributed by atoms with Crippen LogP contribution in [0.3, 0.4) is 0 Å². The van der Waals surface area contributed by atoms with Gasteiger partial charge in [-0.05, 0) is 19.8 Å². The Morgan fingerprint density at radius 2 is 2.28 bits per heavy atom. The van der Waals surface area contributed by atoms with Crippen LogP contribution in [-0.4, -0.2) is 66.6 Å². The maximum atomic E-state index is 12.9. The molecule has 5 rings (SSSR count). The predicted octanol–water partition coefficient (Wildman–Crippen LogP) is 0.634.